The molecule has 0 aliphatic rings. The molecule has 4 rings (SSSR count). The highest BCUT2D eigenvalue weighted by molar-refractivity contribution is 6.04. The first kappa shape index (κ1) is 19.6. The van der Waals surface area contributed by atoms with Crippen molar-refractivity contribution in [3.8, 4) is 11.6 Å². The largest absolute Gasteiger partial charge is 0.493 e. The molecule has 2 aromatic carbocycles. The number of benzene rings is 2. The number of hydrogen-bond donors (Lipinski definition) is 1. The average Bonchev–Trinajstić information content (AvgIpc) is 3.12. The molecule has 6 heteroatoms. The fraction of sp³-hybridized carbons (Fsp3) is 0.208. The quantitative estimate of drug-likeness (QED) is 0.494. The molecule has 0 spiro atoms. The maximum absolute atomic E-state index is 12.8. The summed E-state index contributed by atoms with van der Waals surface area (Å²) < 4.78 is 7.33. The van der Waals surface area contributed by atoms with Crippen LogP contribution in [-0.4, -0.2) is 27.3 Å². The van der Waals surface area contributed by atoms with Crippen molar-refractivity contribution < 1.29 is 9.53 Å². The molecule has 0 aliphatic heterocycles. The predicted octanol–water partition coefficient (Wildman–Crippen LogP) is 5.02. The lowest BCUT2D eigenvalue weighted by molar-refractivity contribution is 0.102. The summed E-state index contributed by atoms with van der Waals surface area (Å²) >= 11 is 0. The van der Waals surface area contributed by atoms with Gasteiger partial charge in [-0.2, -0.15) is 9.78 Å². The molecule has 0 atom stereocenters. The predicted molar refractivity (Wildman–Crippen MR) is 118 cm³/mol. The molecule has 0 unspecified atom stereocenters. The number of ether oxygens (including phenoxy) is 1. The third-order valence-corrected chi connectivity index (χ3v) is 4.57. The van der Waals surface area contributed by atoms with Crippen LogP contribution in [-0.2, 0) is 0 Å². The minimum Gasteiger partial charge on any atom is -0.493 e. The summed E-state index contributed by atoms with van der Waals surface area (Å²) in [5.41, 5.74) is 2.21. The van der Waals surface area contributed by atoms with Crippen molar-refractivity contribution in [3.63, 3.8) is 0 Å². The van der Waals surface area contributed by atoms with Gasteiger partial charge in [0, 0.05) is 17.0 Å². The molecule has 0 saturated carbocycles. The van der Waals surface area contributed by atoms with Gasteiger partial charge in [0.05, 0.1) is 17.8 Å². The van der Waals surface area contributed by atoms with Crippen LogP contribution in [0.2, 0.25) is 0 Å². The summed E-state index contributed by atoms with van der Waals surface area (Å²) in [6.45, 7) is 6.71. The number of pyridine rings is 1. The first-order valence-corrected chi connectivity index (χ1v) is 9.96. The molecule has 6 nitrogen and oxygen atoms in total. The van der Waals surface area contributed by atoms with Crippen LogP contribution >= 0.6 is 0 Å². The van der Waals surface area contributed by atoms with Gasteiger partial charge < -0.3 is 10.1 Å². The summed E-state index contributed by atoms with van der Waals surface area (Å²) in [6.07, 6.45) is 0. The first-order valence-electron chi connectivity index (χ1n) is 9.96. The van der Waals surface area contributed by atoms with Crippen LogP contribution in [0.4, 0.5) is 5.82 Å². The number of hydrogen-bond acceptors (Lipinski definition) is 4. The SMILES string of the molecule is Cc1cc(NC(=O)c2ccc(OCC(C)C)cc2)n(-c2ccc3ccccc3n2)n1. The number of fused-ring (bicyclic) bond motifs is 1. The fourth-order valence-corrected chi connectivity index (χ4v) is 3.09. The zero-order valence-electron chi connectivity index (χ0n) is 17.3. The van der Waals surface area contributed by atoms with Crippen LogP contribution in [0.1, 0.15) is 29.9 Å². The Morgan fingerprint density at radius 3 is 2.60 bits per heavy atom. The van der Waals surface area contributed by atoms with Crippen LogP contribution < -0.4 is 10.1 Å². The van der Waals surface area contributed by atoms with Gasteiger partial charge in [0.1, 0.15) is 11.6 Å². The molecule has 30 heavy (non-hydrogen) atoms. The minimum absolute atomic E-state index is 0.215. The molecule has 2 aromatic heterocycles. The van der Waals surface area contributed by atoms with E-state index < -0.39 is 0 Å². The highest BCUT2D eigenvalue weighted by atomic mass is 16.5. The first-order chi connectivity index (χ1) is 14.5. The summed E-state index contributed by atoms with van der Waals surface area (Å²) in [5.74, 6) is 2.20. The summed E-state index contributed by atoms with van der Waals surface area (Å²) in [7, 11) is 0. The lowest BCUT2D eigenvalue weighted by atomic mass is 10.2. The standard InChI is InChI=1S/C24H24N4O2/c1-16(2)15-30-20-11-8-19(9-12-20)24(29)26-23-14-17(3)27-28(23)22-13-10-18-6-4-5-7-21(18)25-22/h4-14,16H,15H2,1-3H3,(H,26,29). The maximum Gasteiger partial charge on any atom is 0.256 e. The molecule has 0 fully saturated rings. The van der Waals surface area contributed by atoms with Gasteiger partial charge in [-0.1, -0.05) is 32.0 Å². The number of amides is 1. The Morgan fingerprint density at radius 2 is 1.83 bits per heavy atom. The molecular weight excluding hydrogens is 376 g/mol. The number of carbonyl (C=O) groups excluding carboxylic acids is 1. The number of aromatic nitrogens is 3. The number of aryl methyl sites for hydroxylation is 1. The average molecular weight is 400 g/mol. The van der Waals surface area contributed by atoms with Crippen molar-refractivity contribution in [1.29, 1.82) is 0 Å². The van der Waals surface area contributed by atoms with E-state index >= 15 is 0 Å². The van der Waals surface area contributed by atoms with Gasteiger partial charge >= 0.3 is 0 Å². The monoisotopic (exact) mass is 400 g/mol. The normalized spacial score (nSPS) is 11.1. The highest BCUT2D eigenvalue weighted by Gasteiger charge is 2.14. The van der Waals surface area contributed by atoms with Crippen LogP contribution in [0, 0.1) is 12.8 Å². The number of nitrogens with one attached hydrogen (secondary N) is 1. The van der Waals surface area contributed by atoms with E-state index in [9.17, 15) is 4.79 Å². The molecule has 0 aliphatic carbocycles. The highest BCUT2D eigenvalue weighted by Crippen LogP contribution is 2.20. The molecule has 0 saturated heterocycles. The van der Waals surface area contributed by atoms with E-state index in [1.807, 2.05) is 61.5 Å². The molecule has 1 amide bonds. The number of carbonyl (C=O) groups is 1. The van der Waals surface area contributed by atoms with Crippen LogP contribution in [0.3, 0.4) is 0 Å². The van der Waals surface area contributed by atoms with E-state index in [1.165, 1.54) is 0 Å². The lowest BCUT2D eigenvalue weighted by Crippen LogP contribution is -2.15. The molecule has 4 aromatic rings. The molecule has 0 bridgehead atoms. The minimum atomic E-state index is -0.215. The van der Waals surface area contributed by atoms with Crippen molar-refractivity contribution in [2.45, 2.75) is 20.8 Å². The van der Waals surface area contributed by atoms with Crippen molar-refractivity contribution in [3.05, 3.63) is 78.0 Å². The lowest BCUT2D eigenvalue weighted by Gasteiger charge is -2.11. The number of anilines is 1. The Hall–Kier alpha value is -3.67. The van der Waals surface area contributed by atoms with E-state index in [4.69, 9.17) is 4.74 Å². The second kappa shape index (κ2) is 8.37. The zero-order valence-corrected chi connectivity index (χ0v) is 17.3. The third kappa shape index (κ3) is 4.33. The summed E-state index contributed by atoms with van der Waals surface area (Å²) in [5, 5.41) is 8.50. The van der Waals surface area contributed by atoms with E-state index in [2.05, 4.69) is 29.2 Å². The zero-order chi connectivity index (χ0) is 21.1. The van der Waals surface area contributed by atoms with Gasteiger partial charge in [-0.3, -0.25) is 4.79 Å². The van der Waals surface area contributed by atoms with E-state index in [0.29, 0.717) is 29.7 Å². The molecule has 1 N–H and O–H groups in total. The van der Waals surface area contributed by atoms with Gasteiger partial charge in [-0.25, -0.2) is 4.98 Å². The number of nitrogens with zero attached hydrogens (tertiary/aromatic N) is 3. The van der Waals surface area contributed by atoms with Crippen molar-refractivity contribution in [1.82, 2.24) is 14.8 Å². The van der Waals surface area contributed by atoms with E-state index in [0.717, 1.165) is 22.3 Å². The van der Waals surface area contributed by atoms with Crippen molar-refractivity contribution >= 4 is 22.6 Å². The summed E-state index contributed by atoms with van der Waals surface area (Å²) in [6, 6.07) is 20.7. The summed E-state index contributed by atoms with van der Waals surface area (Å²) in [4.78, 5) is 17.5. The van der Waals surface area contributed by atoms with Gasteiger partial charge in [0.2, 0.25) is 0 Å². The maximum atomic E-state index is 12.8. The van der Waals surface area contributed by atoms with E-state index in [1.54, 1.807) is 16.8 Å². The smallest absolute Gasteiger partial charge is 0.256 e. The van der Waals surface area contributed by atoms with Crippen LogP contribution in [0.25, 0.3) is 16.7 Å². The molecule has 2 heterocycles. The van der Waals surface area contributed by atoms with Crippen LogP contribution in [0.5, 0.6) is 5.75 Å². The van der Waals surface area contributed by atoms with Crippen molar-refractivity contribution in [2.75, 3.05) is 11.9 Å². The molecule has 152 valence electrons. The second-order valence-electron chi connectivity index (χ2n) is 7.63. The van der Waals surface area contributed by atoms with Crippen LogP contribution in [0.15, 0.2) is 66.7 Å². The van der Waals surface area contributed by atoms with Crippen molar-refractivity contribution in [2.24, 2.45) is 5.92 Å². The topological polar surface area (TPSA) is 69.0 Å². The number of para-hydroxylation sites is 1. The molecule has 0 radical (unpaired) electrons. The Balaban J connectivity index is 1.55. The van der Waals surface area contributed by atoms with Gasteiger partial charge in [-0.15, -0.1) is 0 Å². The fourth-order valence-electron chi connectivity index (χ4n) is 3.09. The Kier molecular flexibility index (Phi) is 5.48. The third-order valence-electron chi connectivity index (χ3n) is 4.57. The van der Waals surface area contributed by atoms with Gasteiger partial charge in [-0.05, 0) is 55.3 Å². The van der Waals surface area contributed by atoms with E-state index in [-0.39, 0.29) is 5.91 Å². The Morgan fingerprint density at radius 1 is 1.07 bits per heavy atom. The second-order valence-corrected chi connectivity index (χ2v) is 7.63. The van der Waals surface area contributed by atoms with Gasteiger partial charge in [0.25, 0.3) is 5.91 Å². The number of rotatable bonds is 6. The Labute approximate surface area is 175 Å². The Bertz CT molecular complexity index is 1180. The van der Waals surface area contributed by atoms with Gasteiger partial charge in [0.15, 0.2) is 5.82 Å². The molecular formula is C24H24N4O2.